The first kappa shape index (κ1) is 17.7. The first-order chi connectivity index (χ1) is 11.6. The number of hydrogen-bond acceptors (Lipinski definition) is 4. The lowest BCUT2D eigenvalue weighted by Crippen LogP contribution is -2.08. The summed E-state index contributed by atoms with van der Waals surface area (Å²) in [6.45, 7) is 0. The van der Waals surface area contributed by atoms with Crippen LogP contribution < -0.4 is 19.5 Å². The van der Waals surface area contributed by atoms with Gasteiger partial charge in [-0.2, -0.15) is 0 Å². The normalized spacial score (nSPS) is 10.5. The maximum Gasteiger partial charge on any atom is 0.248 e. The Bertz CT molecular complexity index is 759. The van der Waals surface area contributed by atoms with Crippen molar-refractivity contribution >= 4 is 29.3 Å². The fourth-order valence-corrected chi connectivity index (χ4v) is 2.24. The molecule has 0 radical (unpaired) electrons. The summed E-state index contributed by atoms with van der Waals surface area (Å²) in [6.07, 6.45) is 3.07. The smallest absolute Gasteiger partial charge is 0.248 e. The monoisotopic (exact) mass is 347 g/mol. The summed E-state index contributed by atoms with van der Waals surface area (Å²) in [5, 5.41) is 3.11. The SMILES string of the molecule is COc1ccc(NC(=O)C=Cc2ccc(OC)cc2OC)c(Cl)c1. The molecule has 2 aromatic rings. The van der Waals surface area contributed by atoms with Crippen LogP contribution in [0.25, 0.3) is 6.08 Å². The van der Waals surface area contributed by atoms with Gasteiger partial charge in [0.15, 0.2) is 0 Å². The summed E-state index contributed by atoms with van der Waals surface area (Å²) >= 11 is 6.10. The summed E-state index contributed by atoms with van der Waals surface area (Å²) in [5.41, 5.74) is 1.27. The zero-order valence-corrected chi connectivity index (χ0v) is 14.4. The molecule has 0 saturated heterocycles. The number of methoxy groups -OCH3 is 3. The van der Waals surface area contributed by atoms with E-state index in [0.717, 1.165) is 5.56 Å². The van der Waals surface area contributed by atoms with E-state index in [1.165, 1.54) is 6.08 Å². The molecule has 0 saturated carbocycles. The van der Waals surface area contributed by atoms with Gasteiger partial charge in [-0.05, 0) is 30.3 Å². The highest BCUT2D eigenvalue weighted by Crippen LogP contribution is 2.27. The molecule has 24 heavy (non-hydrogen) atoms. The highest BCUT2D eigenvalue weighted by atomic mass is 35.5. The van der Waals surface area contributed by atoms with E-state index in [1.54, 1.807) is 57.7 Å². The van der Waals surface area contributed by atoms with Crippen molar-refractivity contribution in [3.8, 4) is 17.2 Å². The van der Waals surface area contributed by atoms with Crippen molar-refractivity contribution in [2.75, 3.05) is 26.6 Å². The van der Waals surface area contributed by atoms with Crippen molar-refractivity contribution in [2.45, 2.75) is 0 Å². The maximum absolute atomic E-state index is 12.1. The topological polar surface area (TPSA) is 56.8 Å². The number of anilines is 1. The van der Waals surface area contributed by atoms with Gasteiger partial charge < -0.3 is 19.5 Å². The number of nitrogens with one attached hydrogen (secondary N) is 1. The standard InChI is InChI=1S/C18H18ClNO4/c1-22-13-7-8-16(15(19)10-13)20-18(21)9-5-12-4-6-14(23-2)11-17(12)24-3/h4-11H,1-3H3,(H,20,21). The summed E-state index contributed by atoms with van der Waals surface area (Å²) in [5.74, 6) is 1.61. The van der Waals surface area contributed by atoms with E-state index in [0.29, 0.717) is 28.0 Å². The molecule has 0 bridgehead atoms. The highest BCUT2D eigenvalue weighted by Gasteiger charge is 2.06. The summed E-state index contributed by atoms with van der Waals surface area (Å²) < 4.78 is 15.5. The maximum atomic E-state index is 12.1. The van der Waals surface area contributed by atoms with Gasteiger partial charge in [0.1, 0.15) is 17.2 Å². The third kappa shape index (κ3) is 4.43. The molecule has 2 aromatic carbocycles. The Labute approximate surface area is 145 Å². The van der Waals surface area contributed by atoms with Gasteiger partial charge in [0.2, 0.25) is 5.91 Å². The van der Waals surface area contributed by atoms with Crippen molar-refractivity contribution < 1.29 is 19.0 Å². The van der Waals surface area contributed by atoms with Gasteiger partial charge in [0.05, 0.1) is 32.0 Å². The van der Waals surface area contributed by atoms with Crippen LogP contribution in [-0.4, -0.2) is 27.2 Å². The molecule has 0 spiro atoms. The second-order valence-electron chi connectivity index (χ2n) is 4.78. The predicted molar refractivity (Wildman–Crippen MR) is 95.2 cm³/mol. The van der Waals surface area contributed by atoms with Crippen LogP contribution in [0.2, 0.25) is 5.02 Å². The van der Waals surface area contributed by atoms with Crippen molar-refractivity contribution in [3.63, 3.8) is 0 Å². The molecular weight excluding hydrogens is 330 g/mol. The number of hydrogen-bond donors (Lipinski definition) is 1. The van der Waals surface area contributed by atoms with Crippen molar-refractivity contribution in [3.05, 3.63) is 53.1 Å². The fourth-order valence-electron chi connectivity index (χ4n) is 2.02. The molecule has 0 aliphatic heterocycles. The second kappa shape index (κ2) is 8.26. The Morgan fingerprint density at radius 3 is 2.29 bits per heavy atom. The van der Waals surface area contributed by atoms with Crippen LogP contribution in [0.5, 0.6) is 17.2 Å². The predicted octanol–water partition coefficient (Wildman–Crippen LogP) is 4.02. The minimum Gasteiger partial charge on any atom is -0.497 e. The molecule has 126 valence electrons. The number of ether oxygens (including phenoxy) is 3. The van der Waals surface area contributed by atoms with Crippen LogP contribution >= 0.6 is 11.6 Å². The Morgan fingerprint density at radius 2 is 1.67 bits per heavy atom. The largest absolute Gasteiger partial charge is 0.497 e. The van der Waals surface area contributed by atoms with Crippen LogP contribution in [0.4, 0.5) is 5.69 Å². The average Bonchev–Trinajstić information content (AvgIpc) is 2.61. The molecule has 0 unspecified atom stereocenters. The molecule has 0 aliphatic carbocycles. The number of rotatable bonds is 6. The van der Waals surface area contributed by atoms with Gasteiger partial charge in [0.25, 0.3) is 0 Å². The Balaban J connectivity index is 2.11. The Kier molecular flexibility index (Phi) is 6.09. The number of amides is 1. The zero-order valence-electron chi connectivity index (χ0n) is 13.6. The zero-order chi connectivity index (χ0) is 17.5. The van der Waals surface area contributed by atoms with E-state index in [9.17, 15) is 4.79 Å². The molecule has 0 aliphatic rings. The van der Waals surface area contributed by atoms with E-state index in [-0.39, 0.29) is 5.91 Å². The quantitative estimate of drug-likeness (QED) is 0.802. The van der Waals surface area contributed by atoms with Crippen molar-refractivity contribution in [1.29, 1.82) is 0 Å². The van der Waals surface area contributed by atoms with E-state index < -0.39 is 0 Å². The molecule has 1 N–H and O–H groups in total. The fraction of sp³-hybridized carbons (Fsp3) is 0.167. The van der Waals surface area contributed by atoms with E-state index in [4.69, 9.17) is 25.8 Å². The molecule has 0 atom stereocenters. The first-order valence-electron chi connectivity index (χ1n) is 7.12. The number of benzene rings is 2. The molecule has 6 heteroatoms. The summed E-state index contributed by atoms with van der Waals surface area (Å²) in [4.78, 5) is 12.1. The van der Waals surface area contributed by atoms with E-state index in [2.05, 4.69) is 5.32 Å². The van der Waals surface area contributed by atoms with E-state index in [1.807, 2.05) is 6.07 Å². The third-order valence-electron chi connectivity index (χ3n) is 3.29. The Hall–Kier alpha value is -2.66. The summed E-state index contributed by atoms with van der Waals surface area (Å²) in [7, 11) is 4.69. The van der Waals surface area contributed by atoms with Gasteiger partial charge in [-0.3, -0.25) is 4.79 Å². The molecule has 0 heterocycles. The number of carbonyl (C=O) groups excluding carboxylic acids is 1. The van der Waals surface area contributed by atoms with Gasteiger partial charge in [-0.25, -0.2) is 0 Å². The molecule has 5 nitrogen and oxygen atoms in total. The van der Waals surface area contributed by atoms with Crippen LogP contribution in [0.3, 0.4) is 0 Å². The minimum atomic E-state index is -0.306. The highest BCUT2D eigenvalue weighted by molar-refractivity contribution is 6.34. The molecule has 0 aromatic heterocycles. The van der Waals surface area contributed by atoms with Crippen molar-refractivity contribution in [1.82, 2.24) is 0 Å². The lowest BCUT2D eigenvalue weighted by molar-refractivity contribution is -0.111. The van der Waals surface area contributed by atoms with Gasteiger partial charge in [0, 0.05) is 23.8 Å². The lowest BCUT2D eigenvalue weighted by atomic mass is 10.1. The molecular formula is C18H18ClNO4. The number of halogens is 1. The van der Waals surface area contributed by atoms with E-state index >= 15 is 0 Å². The van der Waals surface area contributed by atoms with Gasteiger partial charge in [-0.15, -0.1) is 0 Å². The van der Waals surface area contributed by atoms with Crippen LogP contribution in [-0.2, 0) is 4.79 Å². The molecule has 0 fully saturated rings. The molecule has 2 rings (SSSR count). The molecule has 1 amide bonds. The minimum absolute atomic E-state index is 0.306. The van der Waals surface area contributed by atoms with Crippen LogP contribution in [0.15, 0.2) is 42.5 Å². The average molecular weight is 348 g/mol. The van der Waals surface area contributed by atoms with Crippen LogP contribution in [0.1, 0.15) is 5.56 Å². The first-order valence-corrected chi connectivity index (χ1v) is 7.49. The van der Waals surface area contributed by atoms with Gasteiger partial charge in [-0.1, -0.05) is 11.6 Å². The second-order valence-corrected chi connectivity index (χ2v) is 5.18. The Morgan fingerprint density at radius 1 is 1.00 bits per heavy atom. The van der Waals surface area contributed by atoms with Gasteiger partial charge >= 0.3 is 0 Å². The number of carbonyl (C=O) groups is 1. The summed E-state index contributed by atoms with van der Waals surface area (Å²) in [6, 6.07) is 10.4. The van der Waals surface area contributed by atoms with Crippen molar-refractivity contribution in [2.24, 2.45) is 0 Å². The van der Waals surface area contributed by atoms with Crippen LogP contribution in [0, 0.1) is 0 Å². The third-order valence-corrected chi connectivity index (χ3v) is 3.60. The lowest BCUT2D eigenvalue weighted by Gasteiger charge is -2.08.